The molecule has 5 rings (SSSR count). The summed E-state index contributed by atoms with van der Waals surface area (Å²) in [6.45, 7) is 17.8. The maximum atomic E-state index is 13.8. The highest BCUT2D eigenvalue weighted by Crippen LogP contribution is 2.42. The van der Waals surface area contributed by atoms with Gasteiger partial charge >= 0.3 is 0 Å². The molecule has 1 saturated heterocycles. The van der Waals surface area contributed by atoms with E-state index in [9.17, 15) is 13.2 Å². The van der Waals surface area contributed by atoms with Gasteiger partial charge in [0.05, 0.1) is 11.3 Å². The molecule has 2 aliphatic heterocycles. The number of fused-ring (bicyclic) bond motifs is 6. The maximum Gasteiger partial charge on any atom is 0.281 e. The van der Waals surface area contributed by atoms with Crippen LogP contribution in [0.3, 0.4) is 0 Å². The Bertz CT molecular complexity index is 1710. The van der Waals surface area contributed by atoms with Gasteiger partial charge in [0, 0.05) is 46.3 Å². The third-order valence-corrected chi connectivity index (χ3v) is 10.6. The second-order valence-corrected chi connectivity index (χ2v) is 17.6. The van der Waals surface area contributed by atoms with Crippen LogP contribution in [0.25, 0.3) is 0 Å². The molecule has 45 heavy (non-hydrogen) atoms. The number of carbonyl (C=O) groups is 1. The lowest BCUT2D eigenvalue weighted by atomic mass is 9.86. The summed E-state index contributed by atoms with van der Waals surface area (Å²) >= 11 is 3.61. The monoisotopic (exact) mass is 696 g/mol. The van der Waals surface area contributed by atoms with E-state index in [1.807, 2.05) is 6.20 Å². The molecule has 0 aliphatic carbocycles. The number of halogens is 1. The highest BCUT2D eigenvalue weighted by molar-refractivity contribution is 9.10. The van der Waals surface area contributed by atoms with Gasteiger partial charge in [0.2, 0.25) is 0 Å². The normalized spacial score (nSPS) is 21.6. The summed E-state index contributed by atoms with van der Waals surface area (Å²) in [5, 5.41) is 3.28. The van der Waals surface area contributed by atoms with Crippen LogP contribution in [0.1, 0.15) is 102 Å². The molecule has 242 valence electrons. The van der Waals surface area contributed by atoms with Gasteiger partial charge in [0.15, 0.2) is 5.03 Å². The van der Waals surface area contributed by atoms with Crippen molar-refractivity contribution >= 4 is 43.5 Å². The van der Waals surface area contributed by atoms with Crippen LogP contribution >= 0.6 is 15.9 Å². The zero-order valence-corrected chi connectivity index (χ0v) is 29.9. The first kappa shape index (κ1) is 33.3. The topological polar surface area (TPSA) is 117 Å². The lowest BCUT2D eigenvalue weighted by Crippen LogP contribution is -2.41. The van der Waals surface area contributed by atoms with Gasteiger partial charge in [0.1, 0.15) is 11.6 Å². The number of sulfonamides is 1. The van der Waals surface area contributed by atoms with Crippen LogP contribution < -0.4 is 14.9 Å². The van der Waals surface area contributed by atoms with Crippen LogP contribution in [0.5, 0.6) is 0 Å². The zero-order valence-electron chi connectivity index (χ0n) is 27.5. The standard InChI is InChI=1S/C34H45BrN6O3S/c1-32(2,3)22-14-15-36-24(16-22)17-23-13-12-21-19-34(7,8)41(20-21)30-25(18-26(35)29(39-30)33(4,5)6)31(42)40-45(43,44)28-11-9-10-27(37-23)38-28/h9-11,14-16,18,21,23H,12-13,17,19-20H2,1-8H3,(H,37,38)(H,40,42)/t21-,23?/m0/s1. The largest absolute Gasteiger partial charge is 0.367 e. The van der Waals surface area contributed by atoms with Crippen molar-refractivity contribution in [1.29, 1.82) is 0 Å². The number of hydrogen-bond donors (Lipinski definition) is 2. The number of aromatic nitrogens is 3. The van der Waals surface area contributed by atoms with E-state index in [0.717, 1.165) is 30.7 Å². The Morgan fingerprint density at radius 3 is 2.44 bits per heavy atom. The number of rotatable bonds is 2. The fourth-order valence-corrected chi connectivity index (χ4v) is 8.23. The van der Waals surface area contributed by atoms with E-state index in [2.05, 4.69) is 108 Å². The number of anilines is 2. The van der Waals surface area contributed by atoms with E-state index in [1.165, 1.54) is 11.6 Å². The molecule has 0 aromatic carbocycles. The minimum atomic E-state index is -4.29. The Labute approximate surface area is 276 Å². The predicted molar refractivity (Wildman–Crippen MR) is 182 cm³/mol. The number of nitrogens with zero attached hydrogens (tertiary/aromatic N) is 4. The first-order valence-electron chi connectivity index (χ1n) is 15.6. The fourth-order valence-electron chi connectivity index (χ4n) is 6.39. The Kier molecular flexibility index (Phi) is 8.85. The summed E-state index contributed by atoms with van der Waals surface area (Å²) in [7, 11) is -4.29. The number of amides is 1. The molecule has 2 atom stereocenters. The highest BCUT2D eigenvalue weighted by Gasteiger charge is 2.42. The molecule has 1 unspecified atom stereocenters. The molecule has 2 N–H and O–H groups in total. The number of hydrogen-bond acceptors (Lipinski definition) is 8. The third-order valence-electron chi connectivity index (χ3n) is 8.77. The molecule has 3 aromatic heterocycles. The van der Waals surface area contributed by atoms with Gasteiger partial charge in [-0.15, -0.1) is 0 Å². The lowest BCUT2D eigenvalue weighted by molar-refractivity contribution is 0.0981. The Morgan fingerprint density at radius 1 is 1.02 bits per heavy atom. The molecule has 9 nitrogen and oxygen atoms in total. The van der Waals surface area contributed by atoms with Crippen molar-refractivity contribution in [3.63, 3.8) is 0 Å². The fraction of sp³-hybridized carbons (Fsp3) is 0.529. The van der Waals surface area contributed by atoms with E-state index in [-0.39, 0.29) is 33.0 Å². The van der Waals surface area contributed by atoms with Crippen LogP contribution in [0.2, 0.25) is 0 Å². The second-order valence-electron chi connectivity index (χ2n) is 15.1. The van der Waals surface area contributed by atoms with Gasteiger partial charge in [-0.25, -0.2) is 14.7 Å². The lowest BCUT2D eigenvalue weighted by Gasteiger charge is -2.35. The number of pyridine rings is 3. The van der Waals surface area contributed by atoms with Gasteiger partial charge in [-0.1, -0.05) is 47.6 Å². The summed E-state index contributed by atoms with van der Waals surface area (Å²) in [6, 6.07) is 10.7. The van der Waals surface area contributed by atoms with Crippen molar-refractivity contribution in [3.05, 3.63) is 69.6 Å². The van der Waals surface area contributed by atoms with Gasteiger partial charge in [-0.2, -0.15) is 8.42 Å². The van der Waals surface area contributed by atoms with E-state index in [0.29, 0.717) is 35.0 Å². The van der Waals surface area contributed by atoms with E-state index in [4.69, 9.17) is 4.98 Å². The van der Waals surface area contributed by atoms with Crippen LogP contribution in [-0.2, 0) is 27.3 Å². The molecule has 3 aromatic rings. The quantitative estimate of drug-likeness (QED) is 0.302. The van der Waals surface area contributed by atoms with E-state index >= 15 is 0 Å². The number of carbonyl (C=O) groups excluding carboxylic acids is 1. The van der Waals surface area contributed by atoms with Crippen molar-refractivity contribution in [2.45, 2.75) is 109 Å². The van der Waals surface area contributed by atoms with Gasteiger partial charge in [-0.05, 0) is 96.3 Å². The summed E-state index contributed by atoms with van der Waals surface area (Å²) < 4.78 is 30.0. The molecule has 5 heterocycles. The summed E-state index contributed by atoms with van der Waals surface area (Å²) in [5.41, 5.74) is 2.58. The van der Waals surface area contributed by atoms with Crippen molar-refractivity contribution in [2.24, 2.45) is 5.92 Å². The van der Waals surface area contributed by atoms with Crippen LogP contribution in [0.15, 0.2) is 52.1 Å². The van der Waals surface area contributed by atoms with Crippen molar-refractivity contribution in [1.82, 2.24) is 19.7 Å². The summed E-state index contributed by atoms with van der Waals surface area (Å²) in [4.78, 5) is 30.2. The second kappa shape index (κ2) is 12.0. The van der Waals surface area contributed by atoms with Crippen molar-refractivity contribution < 1.29 is 13.2 Å². The zero-order chi connectivity index (χ0) is 32.9. The van der Waals surface area contributed by atoms with E-state index in [1.54, 1.807) is 18.2 Å². The minimum absolute atomic E-state index is 0.00672. The molecule has 11 heteroatoms. The van der Waals surface area contributed by atoms with Gasteiger partial charge in [0.25, 0.3) is 15.9 Å². The highest BCUT2D eigenvalue weighted by atomic mass is 79.9. The molecule has 1 fully saturated rings. The minimum Gasteiger partial charge on any atom is -0.367 e. The summed E-state index contributed by atoms with van der Waals surface area (Å²) in [5.74, 6) is 0.532. The SMILES string of the molecule is CC(C)(C)c1ccnc(CC2CC[C@@H]3CN(c4nc(C(C)(C)C)c(Br)cc4C(=O)NS(=O)(=O)c4cccc(n4)N2)C(C)(C)C3)c1. The van der Waals surface area contributed by atoms with Gasteiger partial charge in [-0.3, -0.25) is 9.78 Å². The first-order chi connectivity index (χ1) is 20.8. The van der Waals surface area contributed by atoms with Crippen LogP contribution in [0, 0.1) is 5.92 Å². The van der Waals surface area contributed by atoms with Crippen molar-refractivity contribution in [2.75, 3.05) is 16.8 Å². The van der Waals surface area contributed by atoms with Crippen LogP contribution in [0.4, 0.5) is 11.6 Å². The Hall–Kier alpha value is -3.05. The maximum absolute atomic E-state index is 13.8. The number of nitrogens with one attached hydrogen (secondary N) is 2. The average molecular weight is 698 g/mol. The Morgan fingerprint density at radius 2 is 1.76 bits per heavy atom. The van der Waals surface area contributed by atoms with Crippen LogP contribution in [-0.4, -0.2) is 47.4 Å². The first-order valence-corrected chi connectivity index (χ1v) is 17.9. The molecule has 0 spiro atoms. The van der Waals surface area contributed by atoms with E-state index < -0.39 is 15.9 Å². The molecule has 0 saturated carbocycles. The molecular formula is C34H45BrN6O3S. The summed E-state index contributed by atoms with van der Waals surface area (Å²) in [6.07, 6.45) is 5.20. The third kappa shape index (κ3) is 7.35. The Balaban J connectivity index is 1.59. The molecule has 2 aliphatic rings. The van der Waals surface area contributed by atoms with Gasteiger partial charge < -0.3 is 10.2 Å². The predicted octanol–water partition coefficient (Wildman–Crippen LogP) is 6.77. The molecular weight excluding hydrogens is 652 g/mol. The molecule has 1 amide bonds. The van der Waals surface area contributed by atoms with Crippen molar-refractivity contribution in [3.8, 4) is 0 Å². The smallest absolute Gasteiger partial charge is 0.281 e. The molecule has 4 bridgehead atoms. The average Bonchev–Trinajstić information content (AvgIpc) is 3.23. The molecule has 0 radical (unpaired) electrons.